The number of hydrogen-bond donors (Lipinski definition) is 2. The minimum Gasteiger partial charge on any atom is -0.467 e. The molecule has 1 fully saturated rings. The quantitative estimate of drug-likeness (QED) is 0.780. The van der Waals surface area contributed by atoms with E-state index < -0.39 is 17.6 Å². The number of carbonyl (C=O) groups excluding carboxylic acids is 2. The molecule has 0 saturated carbocycles. The second-order valence-corrected chi connectivity index (χ2v) is 5.70. The molecule has 0 spiro atoms. The maximum Gasteiger partial charge on any atom is 0.328 e. The molecular formula is C17H24N2O3. The minimum absolute atomic E-state index is 0.112. The van der Waals surface area contributed by atoms with Crippen LogP contribution in [0.15, 0.2) is 30.3 Å². The van der Waals surface area contributed by atoms with E-state index in [0.717, 1.165) is 24.9 Å². The highest BCUT2D eigenvalue weighted by molar-refractivity contribution is 5.90. The van der Waals surface area contributed by atoms with E-state index in [1.165, 1.54) is 7.11 Å². The predicted octanol–water partition coefficient (Wildman–Crippen LogP) is 1.42. The van der Waals surface area contributed by atoms with Gasteiger partial charge in [0.05, 0.1) is 12.6 Å². The number of carbonyl (C=O) groups is 2. The van der Waals surface area contributed by atoms with Gasteiger partial charge < -0.3 is 15.4 Å². The van der Waals surface area contributed by atoms with Crippen LogP contribution in [-0.2, 0) is 20.7 Å². The molecule has 2 N–H and O–H groups in total. The lowest BCUT2D eigenvalue weighted by Gasteiger charge is -2.29. The van der Waals surface area contributed by atoms with Crippen LogP contribution in [0.5, 0.6) is 0 Å². The number of methoxy groups -OCH3 is 1. The number of rotatable bonds is 6. The van der Waals surface area contributed by atoms with Crippen LogP contribution in [0.4, 0.5) is 0 Å². The van der Waals surface area contributed by atoms with Crippen LogP contribution in [0.2, 0.25) is 0 Å². The van der Waals surface area contributed by atoms with E-state index in [1.54, 1.807) is 0 Å². The molecule has 5 nitrogen and oxygen atoms in total. The molecule has 0 aliphatic carbocycles. The topological polar surface area (TPSA) is 67.4 Å². The molecule has 2 unspecified atom stereocenters. The van der Waals surface area contributed by atoms with Crippen LogP contribution >= 0.6 is 0 Å². The summed E-state index contributed by atoms with van der Waals surface area (Å²) in [6.45, 7) is 2.82. The highest BCUT2D eigenvalue weighted by Crippen LogP contribution is 2.23. The van der Waals surface area contributed by atoms with Gasteiger partial charge in [-0.15, -0.1) is 0 Å². The van der Waals surface area contributed by atoms with Gasteiger partial charge in [0.1, 0.15) is 6.04 Å². The van der Waals surface area contributed by atoms with E-state index in [0.29, 0.717) is 12.8 Å². The summed E-state index contributed by atoms with van der Waals surface area (Å²) in [5.41, 5.74) is 0.436. The molecule has 120 valence electrons. The van der Waals surface area contributed by atoms with E-state index in [-0.39, 0.29) is 5.91 Å². The predicted molar refractivity (Wildman–Crippen MR) is 84.4 cm³/mol. The molecule has 22 heavy (non-hydrogen) atoms. The van der Waals surface area contributed by atoms with Gasteiger partial charge in [-0.2, -0.15) is 0 Å². The van der Waals surface area contributed by atoms with Crippen molar-refractivity contribution >= 4 is 11.9 Å². The molecule has 1 aliphatic rings. The first-order valence-electron chi connectivity index (χ1n) is 7.79. The molecule has 5 heteroatoms. The lowest BCUT2D eigenvalue weighted by atomic mass is 9.92. The fourth-order valence-corrected chi connectivity index (χ4v) is 2.94. The fourth-order valence-electron chi connectivity index (χ4n) is 2.94. The van der Waals surface area contributed by atoms with Crippen LogP contribution in [0.25, 0.3) is 0 Å². The average molecular weight is 304 g/mol. The van der Waals surface area contributed by atoms with Crippen LogP contribution in [0, 0.1) is 0 Å². The Labute approximate surface area is 131 Å². The van der Waals surface area contributed by atoms with Gasteiger partial charge in [-0.3, -0.25) is 4.79 Å². The molecule has 1 saturated heterocycles. The zero-order valence-corrected chi connectivity index (χ0v) is 13.2. The van der Waals surface area contributed by atoms with Crippen LogP contribution in [-0.4, -0.2) is 37.1 Å². The van der Waals surface area contributed by atoms with Crippen molar-refractivity contribution in [1.82, 2.24) is 10.6 Å². The van der Waals surface area contributed by atoms with Gasteiger partial charge in [-0.05, 0) is 31.4 Å². The van der Waals surface area contributed by atoms with Crippen molar-refractivity contribution in [2.24, 2.45) is 0 Å². The maximum absolute atomic E-state index is 12.6. The minimum atomic E-state index is -0.661. The Bertz CT molecular complexity index is 510. The number of ether oxygens (including phenoxy) is 1. The summed E-state index contributed by atoms with van der Waals surface area (Å²) >= 11 is 0. The molecule has 1 aliphatic heterocycles. The lowest BCUT2D eigenvalue weighted by Crippen LogP contribution is -2.57. The van der Waals surface area contributed by atoms with E-state index in [9.17, 15) is 9.59 Å². The molecule has 1 amide bonds. The zero-order valence-electron chi connectivity index (χ0n) is 13.2. The first-order chi connectivity index (χ1) is 10.6. The number of hydrogen-bond acceptors (Lipinski definition) is 4. The standard InChI is InChI=1S/C17H24N2O3/c1-3-17(10-7-11-18-17)16(21)19-14(15(20)22-2)12-13-8-5-4-6-9-13/h4-6,8-9,14,18H,3,7,10-12H2,1-2H3,(H,19,21). The smallest absolute Gasteiger partial charge is 0.328 e. The fraction of sp³-hybridized carbons (Fsp3) is 0.529. The van der Waals surface area contributed by atoms with Crippen molar-refractivity contribution in [1.29, 1.82) is 0 Å². The van der Waals surface area contributed by atoms with E-state index in [2.05, 4.69) is 10.6 Å². The van der Waals surface area contributed by atoms with Crippen LogP contribution < -0.4 is 10.6 Å². The van der Waals surface area contributed by atoms with Gasteiger partial charge in [0.2, 0.25) is 5.91 Å². The van der Waals surface area contributed by atoms with Crippen LogP contribution in [0.3, 0.4) is 0 Å². The van der Waals surface area contributed by atoms with Crippen LogP contribution in [0.1, 0.15) is 31.7 Å². The van der Waals surface area contributed by atoms with Crippen molar-refractivity contribution in [3.63, 3.8) is 0 Å². The van der Waals surface area contributed by atoms with Gasteiger partial charge in [-0.1, -0.05) is 37.3 Å². The first kappa shape index (κ1) is 16.5. The number of nitrogens with one attached hydrogen (secondary N) is 2. The maximum atomic E-state index is 12.6. The molecule has 0 radical (unpaired) electrons. The summed E-state index contributed by atoms with van der Waals surface area (Å²) in [6, 6.07) is 8.96. The summed E-state index contributed by atoms with van der Waals surface area (Å²) in [7, 11) is 1.34. The number of benzene rings is 1. The largest absolute Gasteiger partial charge is 0.467 e. The van der Waals surface area contributed by atoms with Gasteiger partial charge >= 0.3 is 5.97 Å². The molecule has 0 aromatic heterocycles. The Morgan fingerprint density at radius 1 is 1.36 bits per heavy atom. The molecule has 1 heterocycles. The zero-order chi connectivity index (χ0) is 16.0. The summed E-state index contributed by atoms with van der Waals surface area (Å²) in [5.74, 6) is -0.528. The van der Waals surface area contributed by atoms with Gasteiger partial charge in [0.15, 0.2) is 0 Å². The average Bonchev–Trinajstić information content (AvgIpc) is 3.04. The lowest BCUT2D eigenvalue weighted by molar-refractivity contribution is -0.145. The van der Waals surface area contributed by atoms with Crippen molar-refractivity contribution < 1.29 is 14.3 Å². The Hall–Kier alpha value is -1.88. The Morgan fingerprint density at radius 2 is 2.09 bits per heavy atom. The van der Waals surface area contributed by atoms with Gasteiger partial charge in [0.25, 0.3) is 0 Å². The molecule has 2 atom stereocenters. The summed E-state index contributed by atoms with van der Waals surface area (Å²) in [5, 5.41) is 6.16. The Morgan fingerprint density at radius 3 is 2.64 bits per heavy atom. The molecular weight excluding hydrogens is 280 g/mol. The van der Waals surface area contributed by atoms with Crippen molar-refractivity contribution in [2.75, 3.05) is 13.7 Å². The number of amides is 1. The van der Waals surface area contributed by atoms with Gasteiger partial charge in [0, 0.05) is 6.42 Å². The molecule has 2 rings (SSSR count). The van der Waals surface area contributed by atoms with E-state index in [4.69, 9.17) is 4.74 Å². The highest BCUT2D eigenvalue weighted by atomic mass is 16.5. The third-order valence-corrected chi connectivity index (χ3v) is 4.36. The molecule has 1 aromatic rings. The SMILES string of the molecule is CCC1(C(=O)NC(Cc2ccccc2)C(=O)OC)CCCN1. The first-order valence-corrected chi connectivity index (χ1v) is 7.79. The number of esters is 1. The van der Waals surface area contributed by atoms with Crippen molar-refractivity contribution in [2.45, 2.75) is 44.2 Å². The Balaban J connectivity index is 2.09. The summed E-state index contributed by atoms with van der Waals surface area (Å²) in [6.07, 6.45) is 2.91. The third kappa shape index (κ3) is 3.65. The normalized spacial score (nSPS) is 22.1. The second kappa shape index (κ2) is 7.40. The highest BCUT2D eigenvalue weighted by Gasteiger charge is 2.40. The Kier molecular flexibility index (Phi) is 5.55. The van der Waals surface area contributed by atoms with E-state index >= 15 is 0 Å². The molecule has 0 bridgehead atoms. The monoisotopic (exact) mass is 304 g/mol. The van der Waals surface area contributed by atoms with Crippen molar-refractivity contribution in [3.8, 4) is 0 Å². The molecule has 1 aromatic carbocycles. The second-order valence-electron chi connectivity index (χ2n) is 5.70. The van der Waals surface area contributed by atoms with Gasteiger partial charge in [-0.25, -0.2) is 4.79 Å². The van der Waals surface area contributed by atoms with E-state index in [1.807, 2.05) is 37.3 Å². The summed E-state index contributed by atoms with van der Waals surface area (Å²) in [4.78, 5) is 24.6. The summed E-state index contributed by atoms with van der Waals surface area (Å²) < 4.78 is 4.84. The van der Waals surface area contributed by atoms with Crippen molar-refractivity contribution in [3.05, 3.63) is 35.9 Å². The third-order valence-electron chi connectivity index (χ3n) is 4.36.